The minimum atomic E-state index is 0.0891. The molecule has 2 rings (SSSR count). The van der Waals surface area contributed by atoms with Gasteiger partial charge in [-0.15, -0.1) is 0 Å². The van der Waals surface area contributed by atoms with E-state index in [0.717, 1.165) is 18.8 Å². The first kappa shape index (κ1) is 13.5. The fourth-order valence-electron chi connectivity index (χ4n) is 2.37. The smallest absolute Gasteiger partial charge is 0.0762 e. The van der Waals surface area contributed by atoms with Crippen LogP contribution in [-0.4, -0.2) is 41.3 Å². The van der Waals surface area contributed by atoms with E-state index < -0.39 is 0 Å². The number of nitrogens with zero attached hydrogens (tertiary/aromatic N) is 2. The van der Waals surface area contributed by atoms with Crippen LogP contribution in [0.1, 0.15) is 37.4 Å². The van der Waals surface area contributed by atoms with Crippen molar-refractivity contribution in [3.05, 3.63) is 18.0 Å². The van der Waals surface area contributed by atoms with E-state index >= 15 is 0 Å². The van der Waals surface area contributed by atoms with Crippen LogP contribution in [0.15, 0.2) is 12.3 Å². The molecule has 1 aromatic heterocycles. The van der Waals surface area contributed by atoms with E-state index in [1.54, 1.807) is 0 Å². The summed E-state index contributed by atoms with van der Waals surface area (Å²) in [6, 6.07) is 2.70. The lowest BCUT2D eigenvalue weighted by atomic mass is 10.3. The Hall–Kier alpha value is -0.910. The van der Waals surface area contributed by atoms with Crippen LogP contribution in [0, 0.1) is 0 Å². The monoisotopic (exact) mass is 253 g/mol. The molecule has 5 nitrogen and oxygen atoms in total. The van der Waals surface area contributed by atoms with E-state index in [1.165, 1.54) is 25.7 Å². The standard InChI is InChI=1S/C13H23N3O2/c17-8-10-18-9-6-14-11-12-5-7-16(15-12)13-3-1-2-4-13/h5,7,13-14,17H,1-4,6,8-11H2. The number of rotatable bonds is 8. The predicted molar refractivity (Wildman–Crippen MR) is 69.3 cm³/mol. The van der Waals surface area contributed by atoms with E-state index in [4.69, 9.17) is 9.84 Å². The van der Waals surface area contributed by atoms with Gasteiger partial charge in [-0.3, -0.25) is 4.68 Å². The summed E-state index contributed by atoms with van der Waals surface area (Å²) in [5.41, 5.74) is 1.09. The summed E-state index contributed by atoms with van der Waals surface area (Å²) in [7, 11) is 0. The zero-order chi connectivity index (χ0) is 12.6. The van der Waals surface area contributed by atoms with Gasteiger partial charge in [0.05, 0.1) is 31.6 Å². The zero-order valence-corrected chi connectivity index (χ0v) is 10.8. The molecule has 1 aliphatic carbocycles. The highest BCUT2D eigenvalue weighted by Crippen LogP contribution is 2.28. The molecule has 0 unspecified atom stereocenters. The van der Waals surface area contributed by atoms with Gasteiger partial charge in [0.15, 0.2) is 0 Å². The lowest BCUT2D eigenvalue weighted by Crippen LogP contribution is -2.20. The molecular weight excluding hydrogens is 230 g/mol. The molecule has 1 fully saturated rings. The predicted octanol–water partition coefficient (Wildman–Crippen LogP) is 1.10. The molecular formula is C13H23N3O2. The highest BCUT2D eigenvalue weighted by atomic mass is 16.5. The van der Waals surface area contributed by atoms with Gasteiger partial charge in [-0.2, -0.15) is 5.10 Å². The van der Waals surface area contributed by atoms with Crippen molar-refractivity contribution in [2.75, 3.05) is 26.4 Å². The quantitative estimate of drug-likeness (QED) is 0.681. The fraction of sp³-hybridized carbons (Fsp3) is 0.769. The highest BCUT2D eigenvalue weighted by molar-refractivity contribution is 4.99. The summed E-state index contributed by atoms with van der Waals surface area (Å²) in [5.74, 6) is 0. The van der Waals surface area contributed by atoms with E-state index in [9.17, 15) is 0 Å². The summed E-state index contributed by atoms with van der Waals surface area (Å²) in [5, 5.41) is 16.4. The van der Waals surface area contributed by atoms with Gasteiger partial charge in [0.2, 0.25) is 0 Å². The van der Waals surface area contributed by atoms with Gasteiger partial charge in [-0.25, -0.2) is 0 Å². The molecule has 1 saturated carbocycles. The van der Waals surface area contributed by atoms with E-state index in [-0.39, 0.29) is 6.61 Å². The van der Waals surface area contributed by atoms with Gasteiger partial charge >= 0.3 is 0 Å². The molecule has 0 aliphatic heterocycles. The van der Waals surface area contributed by atoms with Crippen molar-refractivity contribution in [2.24, 2.45) is 0 Å². The van der Waals surface area contributed by atoms with Crippen LogP contribution in [-0.2, 0) is 11.3 Å². The minimum absolute atomic E-state index is 0.0891. The van der Waals surface area contributed by atoms with Gasteiger partial charge < -0.3 is 15.2 Å². The van der Waals surface area contributed by atoms with Crippen molar-refractivity contribution in [3.8, 4) is 0 Å². The van der Waals surface area contributed by atoms with Gasteiger partial charge in [0.25, 0.3) is 0 Å². The Morgan fingerprint density at radius 1 is 1.39 bits per heavy atom. The average molecular weight is 253 g/mol. The molecule has 0 amide bonds. The first-order valence-corrected chi connectivity index (χ1v) is 6.83. The second-order valence-electron chi connectivity index (χ2n) is 4.74. The molecule has 5 heteroatoms. The van der Waals surface area contributed by atoms with Crippen molar-refractivity contribution < 1.29 is 9.84 Å². The minimum Gasteiger partial charge on any atom is -0.394 e. The molecule has 102 valence electrons. The number of aliphatic hydroxyl groups excluding tert-OH is 1. The Morgan fingerprint density at radius 3 is 3.00 bits per heavy atom. The second-order valence-corrected chi connectivity index (χ2v) is 4.74. The molecule has 0 bridgehead atoms. The lowest BCUT2D eigenvalue weighted by molar-refractivity contribution is 0.0937. The van der Waals surface area contributed by atoms with Crippen molar-refractivity contribution in [1.29, 1.82) is 0 Å². The van der Waals surface area contributed by atoms with Crippen molar-refractivity contribution in [2.45, 2.75) is 38.3 Å². The average Bonchev–Trinajstić information content (AvgIpc) is 3.03. The van der Waals surface area contributed by atoms with Crippen LogP contribution >= 0.6 is 0 Å². The third-order valence-corrected chi connectivity index (χ3v) is 3.33. The van der Waals surface area contributed by atoms with Gasteiger partial charge in [-0.1, -0.05) is 12.8 Å². The number of aliphatic hydroxyl groups is 1. The molecule has 0 aromatic carbocycles. The molecule has 1 aromatic rings. The second kappa shape index (κ2) is 7.51. The number of ether oxygens (including phenoxy) is 1. The van der Waals surface area contributed by atoms with Crippen LogP contribution in [0.25, 0.3) is 0 Å². The van der Waals surface area contributed by atoms with Crippen LogP contribution in [0.3, 0.4) is 0 Å². The van der Waals surface area contributed by atoms with Crippen LogP contribution < -0.4 is 5.32 Å². The maximum absolute atomic E-state index is 8.55. The zero-order valence-electron chi connectivity index (χ0n) is 10.8. The molecule has 18 heavy (non-hydrogen) atoms. The number of hydrogen-bond acceptors (Lipinski definition) is 4. The van der Waals surface area contributed by atoms with E-state index in [0.29, 0.717) is 19.3 Å². The summed E-state index contributed by atoms with van der Waals surface area (Å²) < 4.78 is 7.29. The molecule has 0 atom stereocenters. The third kappa shape index (κ3) is 4.08. The third-order valence-electron chi connectivity index (χ3n) is 3.33. The number of hydrogen-bond donors (Lipinski definition) is 2. The highest BCUT2D eigenvalue weighted by Gasteiger charge is 2.17. The van der Waals surface area contributed by atoms with Crippen LogP contribution in [0.4, 0.5) is 0 Å². The van der Waals surface area contributed by atoms with Gasteiger partial charge in [-0.05, 0) is 18.9 Å². The molecule has 1 heterocycles. The van der Waals surface area contributed by atoms with Crippen molar-refractivity contribution in [1.82, 2.24) is 15.1 Å². The fourth-order valence-corrected chi connectivity index (χ4v) is 2.37. The first-order chi connectivity index (χ1) is 8.90. The topological polar surface area (TPSA) is 59.3 Å². The summed E-state index contributed by atoms with van der Waals surface area (Å²) in [6.45, 7) is 2.70. The summed E-state index contributed by atoms with van der Waals surface area (Å²) in [6.07, 6.45) is 7.29. The lowest BCUT2D eigenvalue weighted by Gasteiger charge is -2.09. The van der Waals surface area contributed by atoms with Crippen molar-refractivity contribution >= 4 is 0 Å². The largest absolute Gasteiger partial charge is 0.394 e. The Balaban J connectivity index is 1.64. The maximum Gasteiger partial charge on any atom is 0.0762 e. The molecule has 0 radical (unpaired) electrons. The number of nitrogens with one attached hydrogen (secondary N) is 1. The summed E-state index contributed by atoms with van der Waals surface area (Å²) >= 11 is 0. The molecule has 2 N–H and O–H groups in total. The Morgan fingerprint density at radius 2 is 2.22 bits per heavy atom. The van der Waals surface area contributed by atoms with Crippen LogP contribution in [0.5, 0.6) is 0 Å². The van der Waals surface area contributed by atoms with Gasteiger partial charge in [0.1, 0.15) is 0 Å². The number of aromatic nitrogens is 2. The Labute approximate surface area is 108 Å². The Kier molecular flexibility index (Phi) is 5.64. The van der Waals surface area contributed by atoms with E-state index in [2.05, 4.69) is 27.4 Å². The van der Waals surface area contributed by atoms with Crippen LogP contribution in [0.2, 0.25) is 0 Å². The molecule has 1 aliphatic rings. The SMILES string of the molecule is OCCOCCNCc1ccn(C2CCCC2)n1. The normalized spacial score (nSPS) is 16.5. The maximum atomic E-state index is 8.55. The first-order valence-electron chi connectivity index (χ1n) is 6.83. The Bertz CT molecular complexity index is 335. The molecule has 0 spiro atoms. The van der Waals surface area contributed by atoms with Gasteiger partial charge in [0, 0.05) is 19.3 Å². The molecule has 0 saturated heterocycles. The van der Waals surface area contributed by atoms with E-state index in [1.807, 2.05) is 0 Å². The van der Waals surface area contributed by atoms with Crippen molar-refractivity contribution in [3.63, 3.8) is 0 Å². The summed E-state index contributed by atoms with van der Waals surface area (Å²) in [4.78, 5) is 0.